The first kappa shape index (κ1) is 12.9. The first-order valence-electron chi connectivity index (χ1n) is 6.28. The van der Waals surface area contributed by atoms with Gasteiger partial charge in [0, 0.05) is 31.2 Å². The van der Waals surface area contributed by atoms with Gasteiger partial charge < -0.3 is 10.5 Å². The summed E-state index contributed by atoms with van der Waals surface area (Å²) in [6.07, 6.45) is 2.37. The van der Waals surface area contributed by atoms with Crippen molar-refractivity contribution >= 4 is 0 Å². The van der Waals surface area contributed by atoms with E-state index in [9.17, 15) is 0 Å². The Labute approximate surface area is 94.0 Å². The molecule has 1 aliphatic rings. The summed E-state index contributed by atoms with van der Waals surface area (Å²) in [7, 11) is 0. The second kappa shape index (κ2) is 6.46. The van der Waals surface area contributed by atoms with Crippen LogP contribution in [0.2, 0.25) is 0 Å². The Morgan fingerprint density at radius 1 is 1.47 bits per heavy atom. The lowest BCUT2D eigenvalue weighted by Gasteiger charge is -2.37. The van der Waals surface area contributed by atoms with Gasteiger partial charge in [-0.2, -0.15) is 0 Å². The molecule has 2 N–H and O–H groups in total. The van der Waals surface area contributed by atoms with E-state index in [1.54, 1.807) is 0 Å². The maximum Gasteiger partial charge on any atom is 0.0510 e. The SMILES string of the molecule is CCC(C)N(CC)C(CN)C1CCOC1. The summed E-state index contributed by atoms with van der Waals surface area (Å²) in [6, 6.07) is 1.14. The molecule has 1 saturated heterocycles. The van der Waals surface area contributed by atoms with Gasteiger partial charge in [0.15, 0.2) is 0 Å². The predicted octanol–water partition coefficient (Wildman–Crippen LogP) is 1.47. The van der Waals surface area contributed by atoms with Gasteiger partial charge in [-0.25, -0.2) is 0 Å². The molecule has 3 heteroatoms. The van der Waals surface area contributed by atoms with Gasteiger partial charge in [0.2, 0.25) is 0 Å². The molecule has 90 valence electrons. The molecule has 0 aliphatic carbocycles. The van der Waals surface area contributed by atoms with Crippen molar-refractivity contribution < 1.29 is 4.74 Å². The van der Waals surface area contributed by atoms with Crippen LogP contribution in [0.3, 0.4) is 0 Å². The van der Waals surface area contributed by atoms with Gasteiger partial charge in [-0.1, -0.05) is 13.8 Å². The summed E-state index contributed by atoms with van der Waals surface area (Å²) in [6.45, 7) is 10.4. The van der Waals surface area contributed by atoms with Gasteiger partial charge in [-0.3, -0.25) is 4.90 Å². The van der Waals surface area contributed by atoms with Crippen molar-refractivity contribution in [1.82, 2.24) is 4.90 Å². The summed E-state index contributed by atoms with van der Waals surface area (Å²) in [5.74, 6) is 0.643. The van der Waals surface area contributed by atoms with Gasteiger partial charge in [-0.05, 0) is 26.3 Å². The fourth-order valence-corrected chi connectivity index (χ4v) is 2.56. The third-order valence-corrected chi connectivity index (χ3v) is 3.70. The van der Waals surface area contributed by atoms with E-state index in [2.05, 4.69) is 25.7 Å². The van der Waals surface area contributed by atoms with E-state index in [0.717, 1.165) is 26.3 Å². The van der Waals surface area contributed by atoms with E-state index in [4.69, 9.17) is 10.5 Å². The third-order valence-electron chi connectivity index (χ3n) is 3.70. The molecule has 0 amide bonds. The molecule has 1 rings (SSSR count). The summed E-state index contributed by atoms with van der Waals surface area (Å²) in [4.78, 5) is 2.54. The minimum absolute atomic E-state index is 0.507. The smallest absolute Gasteiger partial charge is 0.0510 e. The van der Waals surface area contributed by atoms with Crippen LogP contribution in [0, 0.1) is 5.92 Å². The van der Waals surface area contributed by atoms with Crippen LogP contribution in [0.15, 0.2) is 0 Å². The zero-order valence-electron chi connectivity index (χ0n) is 10.4. The fraction of sp³-hybridized carbons (Fsp3) is 1.00. The van der Waals surface area contributed by atoms with Crippen molar-refractivity contribution in [2.24, 2.45) is 11.7 Å². The molecule has 1 aliphatic heterocycles. The predicted molar refractivity (Wildman–Crippen MR) is 63.9 cm³/mol. The van der Waals surface area contributed by atoms with Crippen molar-refractivity contribution in [3.8, 4) is 0 Å². The van der Waals surface area contributed by atoms with E-state index in [1.807, 2.05) is 0 Å². The third kappa shape index (κ3) is 3.16. The number of rotatable bonds is 6. The van der Waals surface area contributed by atoms with Crippen LogP contribution in [0.5, 0.6) is 0 Å². The number of hydrogen-bond acceptors (Lipinski definition) is 3. The minimum Gasteiger partial charge on any atom is -0.381 e. The molecule has 15 heavy (non-hydrogen) atoms. The van der Waals surface area contributed by atoms with Crippen molar-refractivity contribution in [2.75, 3.05) is 26.3 Å². The van der Waals surface area contributed by atoms with Crippen LogP contribution < -0.4 is 5.73 Å². The average molecular weight is 214 g/mol. The monoisotopic (exact) mass is 214 g/mol. The van der Waals surface area contributed by atoms with E-state index in [1.165, 1.54) is 12.8 Å². The summed E-state index contributed by atoms with van der Waals surface area (Å²) in [5.41, 5.74) is 5.92. The fourth-order valence-electron chi connectivity index (χ4n) is 2.56. The molecule has 1 fully saturated rings. The highest BCUT2D eigenvalue weighted by atomic mass is 16.5. The second-order valence-electron chi connectivity index (χ2n) is 4.51. The van der Waals surface area contributed by atoms with Gasteiger partial charge in [0.05, 0.1) is 6.61 Å². The first-order valence-corrected chi connectivity index (χ1v) is 6.28. The highest BCUT2D eigenvalue weighted by Crippen LogP contribution is 2.22. The molecular formula is C12H26N2O. The summed E-state index contributed by atoms with van der Waals surface area (Å²) in [5, 5.41) is 0. The van der Waals surface area contributed by atoms with Gasteiger partial charge >= 0.3 is 0 Å². The Hall–Kier alpha value is -0.120. The van der Waals surface area contributed by atoms with Crippen molar-refractivity contribution in [1.29, 1.82) is 0 Å². The van der Waals surface area contributed by atoms with Crippen LogP contribution in [-0.4, -0.2) is 43.3 Å². The van der Waals surface area contributed by atoms with Crippen LogP contribution in [0.25, 0.3) is 0 Å². The van der Waals surface area contributed by atoms with Gasteiger partial charge in [0.25, 0.3) is 0 Å². The van der Waals surface area contributed by atoms with Crippen LogP contribution in [0.1, 0.15) is 33.6 Å². The topological polar surface area (TPSA) is 38.5 Å². The quantitative estimate of drug-likeness (QED) is 0.727. The lowest BCUT2D eigenvalue weighted by molar-refractivity contribution is 0.0941. The molecule has 0 aromatic heterocycles. The van der Waals surface area contributed by atoms with E-state index < -0.39 is 0 Å². The molecule has 0 saturated carbocycles. The van der Waals surface area contributed by atoms with E-state index in [-0.39, 0.29) is 0 Å². The number of likely N-dealkylation sites (N-methyl/N-ethyl adjacent to an activating group) is 1. The Kier molecular flexibility index (Phi) is 5.58. The highest BCUT2D eigenvalue weighted by molar-refractivity contribution is 4.84. The first-order chi connectivity index (χ1) is 7.24. The Balaban J connectivity index is 2.60. The lowest BCUT2D eigenvalue weighted by Crippen LogP contribution is -2.49. The molecule has 0 spiro atoms. The molecule has 3 atom stereocenters. The molecule has 0 aromatic rings. The Morgan fingerprint density at radius 3 is 2.60 bits per heavy atom. The highest BCUT2D eigenvalue weighted by Gasteiger charge is 2.30. The number of hydrogen-bond donors (Lipinski definition) is 1. The molecule has 3 nitrogen and oxygen atoms in total. The van der Waals surface area contributed by atoms with E-state index >= 15 is 0 Å². The van der Waals surface area contributed by atoms with Crippen LogP contribution in [-0.2, 0) is 4.74 Å². The van der Waals surface area contributed by atoms with Crippen LogP contribution in [0.4, 0.5) is 0 Å². The van der Waals surface area contributed by atoms with Crippen molar-refractivity contribution in [2.45, 2.75) is 45.7 Å². The second-order valence-corrected chi connectivity index (χ2v) is 4.51. The zero-order chi connectivity index (χ0) is 11.3. The number of nitrogens with zero attached hydrogens (tertiary/aromatic N) is 1. The molecule has 0 bridgehead atoms. The largest absolute Gasteiger partial charge is 0.381 e. The normalized spacial score (nSPS) is 25.8. The molecule has 1 heterocycles. The molecular weight excluding hydrogens is 188 g/mol. The Morgan fingerprint density at radius 2 is 2.20 bits per heavy atom. The van der Waals surface area contributed by atoms with E-state index in [0.29, 0.717) is 18.0 Å². The number of ether oxygens (including phenoxy) is 1. The maximum absolute atomic E-state index is 5.92. The lowest BCUT2D eigenvalue weighted by atomic mass is 9.96. The Bertz CT molecular complexity index is 169. The van der Waals surface area contributed by atoms with Crippen molar-refractivity contribution in [3.05, 3.63) is 0 Å². The summed E-state index contributed by atoms with van der Waals surface area (Å²) < 4.78 is 5.47. The summed E-state index contributed by atoms with van der Waals surface area (Å²) >= 11 is 0. The number of nitrogens with two attached hydrogens (primary N) is 1. The molecule has 3 unspecified atom stereocenters. The average Bonchev–Trinajstić information content (AvgIpc) is 2.77. The van der Waals surface area contributed by atoms with Crippen molar-refractivity contribution in [3.63, 3.8) is 0 Å². The molecule has 0 aromatic carbocycles. The van der Waals surface area contributed by atoms with Gasteiger partial charge in [-0.15, -0.1) is 0 Å². The minimum atomic E-state index is 0.507. The standard InChI is InChI=1S/C12H26N2O/c1-4-10(3)14(5-2)12(8-13)11-6-7-15-9-11/h10-12H,4-9,13H2,1-3H3. The maximum atomic E-state index is 5.92. The molecule has 0 radical (unpaired) electrons. The van der Waals surface area contributed by atoms with Crippen LogP contribution >= 0.6 is 0 Å². The zero-order valence-corrected chi connectivity index (χ0v) is 10.4. The van der Waals surface area contributed by atoms with Gasteiger partial charge in [0.1, 0.15) is 0 Å².